The maximum Gasteiger partial charge on any atom is 0.270 e. The molecule has 0 aromatic carbocycles. The van der Waals surface area contributed by atoms with E-state index in [4.69, 9.17) is 5.14 Å². The summed E-state index contributed by atoms with van der Waals surface area (Å²) < 4.78 is 24.6. The maximum atomic E-state index is 12.4. The summed E-state index contributed by atoms with van der Waals surface area (Å²) in [6.07, 6.45) is 5.35. The van der Waals surface area contributed by atoms with Gasteiger partial charge in [0.2, 0.25) is 10.0 Å². The summed E-state index contributed by atoms with van der Waals surface area (Å²) in [5.41, 5.74) is 0.412. The van der Waals surface area contributed by atoms with Crippen LogP contribution in [0.4, 0.5) is 0 Å². The van der Waals surface area contributed by atoms with Crippen LogP contribution < -0.4 is 5.14 Å². The normalized spacial score (nSPS) is 15.3. The largest absolute Gasteiger partial charge is 0.340 e. The predicted molar refractivity (Wildman–Crippen MR) is 75.9 cm³/mol. The van der Waals surface area contributed by atoms with Gasteiger partial charge in [-0.2, -0.15) is 0 Å². The second kappa shape index (κ2) is 5.57. The molecule has 0 spiro atoms. The Morgan fingerprint density at radius 1 is 1.50 bits per heavy atom. The molecule has 6 nitrogen and oxygen atoms in total. The predicted octanol–water partition coefficient (Wildman–Crippen LogP) is 1.34. The smallest absolute Gasteiger partial charge is 0.270 e. The number of carbonyl (C=O) groups is 1. The molecule has 20 heavy (non-hydrogen) atoms. The fourth-order valence-electron chi connectivity index (χ4n) is 2.13. The Bertz CT molecular complexity index is 602. The third-order valence-corrected chi connectivity index (χ3v) is 4.39. The van der Waals surface area contributed by atoms with E-state index in [0.717, 1.165) is 25.7 Å². The molecule has 1 heterocycles. The molecular weight excluding hydrogens is 278 g/mol. The number of hydrogen-bond donors (Lipinski definition) is 1. The summed E-state index contributed by atoms with van der Waals surface area (Å²) in [4.78, 5) is 14.1. The number of hydrogen-bond acceptors (Lipinski definition) is 3. The summed E-state index contributed by atoms with van der Waals surface area (Å²) >= 11 is 0. The summed E-state index contributed by atoms with van der Waals surface area (Å²) in [5.74, 6) is -0.153. The summed E-state index contributed by atoms with van der Waals surface area (Å²) in [5, 5.41) is 5.15. The third kappa shape index (κ3) is 3.21. The van der Waals surface area contributed by atoms with Gasteiger partial charge in [0.25, 0.3) is 5.91 Å². The first-order valence-corrected chi connectivity index (χ1v) is 8.39. The first kappa shape index (κ1) is 15.1. The van der Waals surface area contributed by atoms with Crippen molar-refractivity contribution < 1.29 is 13.2 Å². The molecule has 112 valence electrons. The molecule has 0 radical (unpaired) electrons. The second-order valence-electron chi connectivity index (χ2n) is 5.32. The number of amides is 1. The minimum absolute atomic E-state index is 0.0108. The van der Waals surface area contributed by atoms with E-state index >= 15 is 0 Å². The number of primary sulfonamides is 1. The summed E-state index contributed by atoms with van der Waals surface area (Å²) in [7, 11) is -2.04. The van der Waals surface area contributed by atoms with Gasteiger partial charge in [-0.05, 0) is 25.3 Å². The summed E-state index contributed by atoms with van der Waals surface area (Å²) in [6.45, 7) is 2.72. The van der Waals surface area contributed by atoms with Crippen LogP contribution in [0.5, 0.6) is 0 Å². The van der Waals surface area contributed by atoms with Crippen molar-refractivity contribution in [1.29, 1.82) is 0 Å². The average molecular weight is 299 g/mol. The van der Waals surface area contributed by atoms with Crippen LogP contribution in [0.2, 0.25) is 0 Å². The van der Waals surface area contributed by atoms with Gasteiger partial charge >= 0.3 is 0 Å². The average Bonchev–Trinajstić information content (AvgIpc) is 3.12. The van der Waals surface area contributed by atoms with Gasteiger partial charge in [0.15, 0.2) is 0 Å². The fraction of sp³-hybridized carbons (Fsp3) is 0.615. The van der Waals surface area contributed by atoms with Crippen molar-refractivity contribution in [2.75, 3.05) is 13.6 Å². The molecule has 0 saturated heterocycles. The topological polar surface area (TPSA) is 85.4 Å². The molecule has 0 atom stereocenters. The zero-order valence-corrected chi connectivity index (χ0v) is 12.7. The molecule has 1 saturated carbocycles. The first-order chi connectivity index (χ1) is 9.34. The lowest BCUT2D eigenvalue weighted by atomic mass is 10.3. The third-order valence-electron chi connectivity index (χ3n) is 3.51. The Balaban J connectivity index is 2.30. The number of carbonyl (C=O) groups excluding carboxylic acids is 1. The lowest BCUT2D eigenvalue weighted by molar-refractivity contribution is 0.0782. The van der Waals surface area contributed by atoms with Crippen LogP contribution in [0.3, 0.4) is 0 Å². The van der Waals surface area contributed by atoms with Gasteiger partial charge in [0, 0.05) is 25.8 Å². The zero-order valence-electron chi connectivity index (χ0n) is 11.9. The maximum absolute atomic E-state index is 12.4. The van der Waals surface area contributed by atoms with Crippen LogP contribution in [-0.4, -0.2) is 37.4 Å². The van der Waals surface area contributed by atoms with E-state index in [1.54, 1.807) is 16.5 Å². The Kier molecular flexibility index (Phi) is 4.19. The van der Waals surface area contributed by atoms with Crippen molar-refractivity contribution in [3.05, 3.63) is 18.0 Å². The van der Waals surface area contributed by atoms with Crippen molar-refractivity contribution in [2.24, 2.45) is 5.14 Å². The fourth-order valence-corrected chi connectivity index (χ4v) is 2.66. The Morgan fingerprint density at radius 3 is 2.65 bits per heavy atom. The SMILES string of the molecule is CCCCN(C)C(=O)c1cc(S(N)(=O)=O)cn1C1CC1. The number of aromatic nitrogens is 1. The molecule has 0 aliphatic heterocycles. The number of unbranched alkanes of at least 4 members (excludes halogenated alkanes) is 1. The monoisotopic (exact) mass is 299 g/mol. The van der Waals surface area contributed by atoms with Crippen molar-refractivity contribution in [3.63, 3.8) is 0 Å². The molecule has 2 N–H and O–H groups in total. The standard InChI is InChI=1S/C13H21N3O3S/c1-3-4-7-15(2)13(17)12-8-11(20(14,18)19)9-16(12)10-5-6-10/h8-10H,3-7H2,1-2H3,(H2,14,18,19). The van der Waals surface area contributed by atoms with Crippen molar-refractivity contribution in [1.82, 2.24) is 9.47 Å². The molecule has 1 aromatic heterocycles. The molecular formula is C13H21N3O3S. The highest BCUT2D eigenvalue weighted by molar-refractivity contribution is 7.89. The molecule has 7 heteroatoms. The van der Waals surface area contributed by atoms with E-state index < -0.39 is 10.0 Å². The molecule has 0 unspecified atom stereocenters. The van der Waals surface area contributed by atoms with Crippen LogP contribution in [0.1, 0.15) is 49.1 Å². The van der Waals surface area contributed by atoms with Gasteiger partial charge in [-0.25, -0.2) is 13.6 Å². The highest BCUT2D eigenvalue weighted by Gasteiger charge is 2.30. The quantitative estimate of drug-likeness (QED) is 0.860. The molecule has 1 aliphatic carbocycles. The molecule has 1 aliphatic rings. The lowest BCUT2D eigenvalue weighted by Gasteiger charge is -2.17. The van der Waals surface area contributed by atoms with Gasteiger partial charge in [-0.1, -0.05) is 13.3 Å². The number of rotatable bonds is 6. The van der Waals surface area contributed by atoms with Crippen molar-refractivity contribution >= 4 is 15.9 Å². The van der Waals surface area contributed by atoms with Crippen LogP contribution in [0.15, 0.2) is 17.2 Å². The van der Waals surface area contributed by atoms with E-state index in [9.17, 15) is 13.2 Å². The van der Waals surface area contributed by atoms with E-state index in [0.29, 0.717) is 12.2 Å². The number of sulfonamides is 1. The Hall–Kier alpha value is -1.34. The summed E-state index contributed by atoms with van der Waals surface area (Å²) in [6, 6.07) is 1.61. The zero-order chi connectivity index (χ0) is 14.9. The van der Waals surface area contributed by atoms with Crippen LogP contribution in [0.25, 0.3) is 0 Å². The van der Waals surface area contributed by atoms with E-state index in [2.05, 4.69) is 6.92 Å². The highest BCUT2D eigenvalue weighted by atomic mass is 32.2. The lowest BCUT2D eigenvalue weighted by Crippen LogP contribution is -2.29. The van der Waals surface area contributed by atoms with E-state index in [1.165, 1.54) is 12.3 Å². The van der Waals surface area contributed by atoms with E-state index in [1.807, 2.05) is 0 Å². The molecule has 1 aromatic rings. The van der Waals surface area contributed by atoms with Gasteiger partial charge in [0.1, 0.15) is 10.6 Å². The van der Waals surface area contributed by atoms with Crippen LogP contribution in [0, 0.1) is 0 Å². The number of nitrogens with zero attached hydrogens (tertiary/aromatic N) is 2. The Morgan fingerprint density at radius 2 is 2.15 bits per heavy atom. The van der Waals surface area contributed by atoms with Crippen LogP contribution in [-0.2, 0) is 10.0 Å². The minimum Gasteiger partial charge on any atom is -0.340 e. The van der Waals surface area contributed by atoms with Gasteiger partial charge in [-0.3, -0.25) is 4.79 Å². The molecule has 1 amide bonds. The number of nitrogens with two attached hydrogens (primary N) is 1. The van der Waals surface area contributed by atoms with Gasteiger partial charge < -0.3 is 9.47 Å². The molecule has 2 rings (SSSR count). The van der Waals surface area contributed by atoms with E-state index in [-0.39, 0.29) is 16.8 Å². The first-order valence-electron chi connectivity index (χ1n) is 6.84. The molecule has 0 bridgehead atoms. The minimum atomic E-state index is -3.78. The van der Waals surface area contributed by atoms with Gasteiger partial charge in [0.05, 0.1) is 0 Å². The highest BCUT2D eigenvalue weighted by Crippen LogP contribution is 2.37. The van der Waals surface area contributed by atoms with Crippen molar-refractivity contribution in [3.8, 4) is 0 Å². The van der Waals surface area contributed by atoms with Crippen molar-refractivity contribution in [2.45, 2.75) is 43.5 Å². The molecule has 1 fully saturated rings. The Labute approximate surface area is 119 Å². The van der Waals surface area contributed by atoms with Gasteiger partial charge in [-0.15, -0.1) is 0 Å². The second-order valence-corrected chi connectivity index (χ2v) is 6.89. The van der Waals surface area contributed by atoms with Crippen LogP contribution >= 0.6 is 0 Å².